The lowest BCUT2D eigenvalue weighted by atomic mass is 10.2. The summed E-state index contributed by atoms with van der Waals surface area (Å²) in [5, 5.41) is 0. The van der Waals surface area contributed by atoms with Crippen molar-refractivity contribution in [2.45, 2.75) is 32.7 Å². The molecule has 0 unspecified atom stereocenters. The van der Waals surface area contributed by atoms with E-state index in [2.05, 4.69) is 4.98 Å². The zero-order valence-electron chi connectivity index (χ0n) is 10.0. The van der Waals surface area contributed by atoms with Crippen LogP contribution in [-0.2, 0) is 13.0 Å². The maximum absolute atomic E-state index is 12.3. The molecule has 3 nitrogen and oxygen atoms in total. The predicted octanol–water partition coefficient (Wildman–Crippen LogP) is 2.37. The predicted molar refractivity (Wildman–Crippen MR) is 68.1 cm³/mol. The molecule has 0 radical (unpaired) electrons. The van der Waals surface area contributed by atoms with Gasteiger partial charge < -0.3 is 4.57 Å². The van der Waals surface area contributed by atoms with Gasteiger partial charge >= 0.3 is 0 Å². The molecule has 0 spiro atoms. The molecule has 0 bridgehead atoms. The Morgan fingerprint density at radius 1 is 1.35 bits per heavy atom. The first-order valence-electron chi connectivity index (χ1n) is 6.28. The van der Waals surface area contributed by atoms with Gasteiger partial charge in [-0.05, 0) is 37.3 Å². The second-order valence-corrected chi connectivity index (χ2v) is 4.76. The van der Waals surface area contributed by atoms with Gasteiger partial charge in [0.1, 0.15) is 5.69 Å². The van der Waals surface area contributed by atoms with Crippen LogP contribution < -0.4 is 5.56 Å². The van der Waals surface area contributed by atoms with E-state index in [1.165, 1.54) is 12.8 Å². The molecule has 1 fully saturated rings. The molecule has 0 amide bonds. The van der Waals surface area contributed by atoms with E-state index in [1.807, 2.05) is 35.8 Å². The third kappa shape index (κ3) is 1.86. The molecule has 88 valence electrons. The summed E-state index contributed by atoms with van der Waals surface area (Å²) in [6, 6.07) is 7.92. The van der Waals surface area contributed by atoms with Crippen molar-refractivity contribution in [3.8, 4) is 0 Å². The standard InChI is InChI=1S/C14H16N2O/c1-2-11-14(17)16(9-10-7-8-10)13-6-4-3-5-12(13)15-11/h3-6,10H,2,7-9H2,1H3. The fourth-order valence-electron chi connectivity index (χ4n) is 2.22. The van der Waals surface area contributed by atoms with Gasteiger partial charge in [-0.15, -0.1) is 0 Å². The highest BCUT2D eigenvalue weighted by atomic mass is 16.1. The molecule has 0 N–H and O–H groups in total. The average Bonchev–Trinajstić information content (AvgIpc) is 3.16. The van der Waals surface area contributed by atoms with Crippen molar-refractivity contribution in [2.24, 2.45) is 5.92 Å². The normalized spacial score (nSPS) is 15.4. The first-order valence-corrected chi connectivity index (χ1v) is 6.28. The van der Waals surface area contributed by atoms with E-state index < -0.39 is 0 Å². The molecule has 1 aromatic carbocycles. The van der Waals surface area contributed by atoms with Crippen molar-refractivity contribution < 1.29 is 0 Å². The number of nitrogens with zero attached hydrogens (tertiary/aromatic N) is 2. The summed E-state index contributed by atoms with van der Waals surface area (Å²) < 4.78 is 1.92. The molecule has 1 heterocycles. The Hall–Kier alpha value is -1.64. The molecule has 0 saturated heterocycles. The molecule has 0 aliphatic heterocycles. The monoisotopic (exact) mass is 228 g/mol. The maximum Gasteiger partial charge on any atom is 0.272 e. The van der Waals surface area contributed by atoms with Gasteiger partial charge in [0.05, 0.1) is 11.0 Å². The van der Waals surface area contributed by atoms with Crippen molar-refractivity contribution in [2.75, 3.05) is 0 Å². The zero-order valence-corrected chi connectivity index (χ0v) is 10.0. The number of benzene rings is 1. The van der Waals surface area contributed by atoms with Gasteiger partial charge in [-0.25, -0.2) is 4.98 Å². The minimum absolute atomic E-state index is 0.0955. The average molecular weight is 228 g/mol. The largest absolute Gasteiger partial charge is 0.305 e. The fraction of sp³-hybridized carbons (Fsp3) is 0.429. The summed E-state index contributed by atoms with van der Waals surface area (Å²) in [5.74, 6) is 0.697. The molecular weight excluding hydrogens is 212 g/mol. The quantitative estimate of drug-likeness (QED) is 0.808. The molecule has 1 aromatic heterocycles. The highest BCUT2D eigenvalue weighted by molar-refractivity contribution is 5.74. The molecule has 3 rings (SSSR count). The number of para-hydroxylation sites is 2. The van der Waals surface area contributed by atoms with Crippen LogP contribution in [0.25, 0.3) is 11.0 Å². The van der Waals surface area contributed by atoms with Gasteiger partial charge in [0.2, 0.25) is 0 Å². The van der Waals surface area contributed by atoms with Gasteiger partial charge in [-0.3, -0.25) is 4.79 Å². The Bertz CT molecular complexity index is 611. The lowest BCUT2D eigenvalue weighted by molar-refractivity contribution is 0.618. The van der Waals surface area contributed by atoms with Crippen LogP contribution in [-0.4, -0.2) is 9.55 Å². The Morgan fingerprint density at radius 3 is 2.82 bits per heavy atom. The summed E-state index contributed by atoms with van der Waals surface area (Å²) in [4.78, 5) is 16.7. The van der Waals surface area contributed by atoms with E-state index in [0.717, 1.165) is 17.6 Å². The molecule has 1 saturated carbocycles. The lowest BCUT2D eigenvalue weighted by Gasteiger charge is -2.10. The van der Waals surface area contributed by atoms with Crippen molar-refractivity contribution >= 4 is 11.0 Å². The molecule has 17 heavy (non-hydrogen) atoms. The topological polar surface area (TPSA) is 34.9 Å². The van der Waals surface area contributed by atoms with Crippen LogP contribution in [0.5, 0.6) is 0 Å². The van der Waals surface area contributed by atoms with Crippen LogP contribution in [0.2, 0.25) is 0 Å². The fourth-order valence-corrected chi connectivity index (χ4v) is 2.22. The number of aryl methyl sites for hydroxylation is 1. The second kappa shape index (κ2) is 3.99. The van der Waals surface area contributed by atoms with Gasteiger partial charge in [-0.1, -0.05) is 19.1 Å². The highest BCUT2D eigenvalue weighted by Crippen LogP contribution is 2.30. The summed E-state index contributed by atoms with van der Waals surface area (Å²) in [5.41, 5.74) is 2.69. The number of aromatic nitrogens is 2. The minimum atomic E-state index is 0.0955. The number of rotatable bonds is 3. The van der Waals surface area contributed by atoms with Crippen LogP contribution in [0.15, 0.2) is 29.1 Å². The number of fused-ring (bicyclic) bond motifs is 1. The molecular formula is C14H16N2O. The molecule has 1 aliphatic carbocycles. The van der Waals surface area contributed by atoms with Crippen LogP contribution >= 0.6 is 0 Å². The first kappa shape index (κ1) is 10.5. The lowest BCUT2D eigenvalue weighted by Crippen LogP contribution is -2.26. The smallest absolute Gasteiger partial charge is 0.272 e. The number of hydrogen-bond acceptors (Lipinski definition) is 2. The van der Waals surface area contributed by atoms with Crippen LogP contribution in [0, 0.1) is 5.92 Å². The Morgan fingerprint density at radius 2 is 2.12 bits per heavy atom. The molecule has 2 aromatic rings. The van der Waals surface area contributed by atoms with Gasteiger partial charge in [-0.2, -0.15) is 0 Å². The summed E-state index contributed by atoms with van der Waals surface area (Å²) >= 11 is 0. The van der Waals surface area contributed by atoms with Crippen LogP contribution in [0.3, 0.4) is 0 Å². The molecule has 0 atom stereocenters. The third-order valence-corrected chi connectivity index (χ3v) is 3.39. The second-order valence-electron chi connectivity index (χ2n) is 4.76. The third-order valence-electron chi connectivity index (χ3n) is 3.39. The number of hydrogen-bond donors (Lipinski definition) is 0. The van der Waals surface area contributed by atoms with E-state index >= 15 is 0 Å². The van der Waals surface area contributed by atoms with Crippen molar-refractivity contribution in [3.63, 3.8) is 0 Å². The molecule has 1 aliphatic rings. The first-order chi connectivity index (χ1) is 8.29. The van der Waals surface area contributed by atoms with E-state index in [-0.39, 0.29) is 5.56 Å². The van der Waals surface area contributed by atoms with Gasteiger partial charge in [0.25, 0.3) is 5.56 Å². The zero-order chi connectivity index (χ0) is 11.8. The van der Waals surface area contributed by atoms with Crippen molar-refractivity contribution in [1.29, 1.82) is 0 Å². The van der Waals surface area contributed by atoms with Crippen LogP contribution in [0.4, 0.5) is 0 Å². The highest BCUT2D eigenvalue weighted by Gasteiger charge is 2.23. The summed E-state index contributed by atoms with van der Waals surface area (Å²) in [7, 11) is 0. The summed E-state index contributed by atoms with van der Waals surface area (Å²) in [6.07, 6.45) is 3.21. The minimum Gasteiger partial charge on any atom is -0.305 e. The Balaban J connectivity index is 2.25. The van der Waals surface area contributed by atoms with Crippen LogP contribution in [0.1, 0.15) is 25.5 Å². The SMILES string of the molecule is CCc1nc2ccccc2n(CC2CC2)c1=O. The van der Waals surface area contributed by atoms with Gasteiger partial charge in [0.15, 0.2) is 0 Å². The van der Waals surface area contributed by atoms with E-state index in [4.69, 9.17) is 0 Å². The Kier molecular flexibility index (Phi) is 2.46. The van der Waals surface area contributed by atoms with Gasteiger partial charge in [0, 0.05) is 6.54 Å². The van der Waals surface area contributed by atoms with E-state index in [9.17, 15) is 4.79 Å². The van der Waals surface area contributed by atoms with Crippen molar-refractivity contribution in [3.05, 3.63) is 40.3 Å². The maximum atomic E-state index is 12.3. The van der Waals surface area contributed by atoms with E-state index in [0.29, 0.717) is 18.0 Å². The summed E-state index contributed by atoms with van der Waals surface area (Å²) in [6.45, 7) is 2.84. The molecule has 3 heteroatoms. The Labute approximate surface area is 100 Å². The van der Waals surface area contributed by atoms with Crippen molar-refractivity contribution in [1.82, 2.24) is 9.55 Å². The van der Waals surface area contributed by atoms with E-state index in [1.54, 1.807) is 0 Å².